The number of nitrogens with two attached hydrogens (primary N) is 1. The van der Waals surface area contributed by atoms with Crippen LogP contribution in [0.3, 0.4) is 0 Å². The van der Waals surface area contributed by atoms with E-state index >= 15 is 0 Å². The lowest BCUT2D eigenvalue weighted by atomic mass is 9.79. The Morgan fingerprint density at radius 1 is 1.27 bits per heavy atom. The summed E-state index contributed by atoms with van der Waals surface area (Å²) in [6, 6.07) is 0.212. The Kier molecular flexibility index (Phi) is 6.08. The fourth-order valence-electron chi connectivity index (χ4n) is 3.79. The summed E-state index contributed by atoms with van der Waals surface area (Å²) in [4.78, 5) is 0. The first kappa shape index (κ1) is 18.0. The van der Waals surface area contributed by atoms with Gasteiger partial charge in [0.25, 0.3) is 0 Å². The molecule has 22 heavy (non-hydrogen) atoms. The predicted octanol–water partition coefficient (Wildman–Crippen LogP) is 2.53. The van der Waals surface area contributed by atoms with Gasteiger partial charge in [-0.05, 0) is 49.9 Å². The van der Waals surface area contributed by atoms with Gasteiger partial charge in [0.05, 0.1) is 11.4 Å². The Hall–Kier alpha value is -0.390. The molecule has 0 aromatic heterocycles. The Bertz CT molecular complexity index is 486. The molecule has 2 aliphatic rings. The maximum absolute atomic E-state index is 12.1. The second-order valence-corrected chi connectivity index (χ2v) is 9.90. The summed E-state index contributed by atoms with van der Waals surface area (Å²) < 4.78 is 30.0. The molecule has 0 spiro atoms. The maximum Gasteiger partial charge on any atom is 0.150 e. The molecule has 0 aromatic rings. The van der Waals surface area contributed by atoms with Gasteiger partial charge in [0.2, 0.25) is 0 Å². The van der Waals surface area contributed by atoms with Crippen LogP contribution in [0.1, 0.15) is 46.0 Å². The highest BCUT2D eigenvalue weighted by molar-refractivity contribution is 7.91. The standard InChI is InChI=1S/C17H31NO3S/c1-12(2)8-16(22(3,19)20)10-13-4-5-17-14(9-13)11-15(18)6-7-21-17/h4-5,12-17H,6-11,18H2,1-3H3/t13?,14?,15-,16?,17?/m1/s1. The number of rotatable bonds is 5. The first-order valence-corrected chi connectivity index (χ1v) is 10.5. The van der Waals surface area contributed by atoms with Gasteiger partial charge in [-0.25, -0.2) is 8.42 Å². The molecule has 0 bridgehead atoms. The van der Waals surface area contributed by atoms with Crippen molar-refractivity contribution in [3.8, 4) is 0 Å². The van der Waals surface area contributed by atoms with E-state index < -0.39 is 9.84 Å². The van der Waals surface area contributed by atoms with Crippen LogP contribution in [-0.2, 0) is 14.6 Å². The minimum atomic E-state index is -3.00. The number of allylic oxidation sites excluding steroid dienone is 1. The largest absolute Gasteiger partial charge is 0.374 e. The van der Waals surface area contributed by atoms with Gasteiger partial charge in [0, 0.05) is 18.9 Å². The number of ether oxygens (including phenoxy) is 1. The summed E-state index contributed by atoms with van der Waals surface area (Å²) in [5.41, 5.74) is 6.12. The third kappa shape index (κ3) is 5.07. The van der Waals surface area contributed by atoms with Crippen LogP contribution in [0, 0.1) is 17.8 Å². The van der Waals surface area contributed by atoms with Crippen LogP contribution in [0.4, 0.5) is 0 Å². The second-order valence-electron chi connectivity index (χ2n) is 7.58. The number of hydrogen-bond acceptors (Lipinski definition) is 4. The van der Waals surface area contributed by atoms with Gasteiger partial charge in [-0.1, -0.05) is 26.0 Å². The molecular weight excluding hydrogens is 298 g/mol. The average Bonchev–Trinajstić information content (AvgIpc) is 2.56. The van der Waals surface area contributed by atoms with Crippen molar-refractivity contribution in [3.05, 3.63) is 12.2 Å². The molecule has 128 valence electrons. The van der Waals surface area contributed by atoms with Gasteiger partial charge in [0.1, 0.15) is 9.84 Å². The molecule has 2 N–H and O–H groups in total. The molecule has 0 radical (unpaired) electrons. The smallest absolute Gasteiger partial charge is 0.150 e. The summed E-state index contributed by atoms with van der Waals surface area (Å²) in [6.07, 6.45) is 10.2. The zero-order valence-electron chi connectivity index (χ0n) is 14.1. The van der Waals surface area contributed by atoms with E-state index in [-0.39, 0.29) is 17.4 Å². The quantitative estimate of drug-likeness (QED) is 0.787. The molecule has 5 atom stereocenters. The van der Waals surface area contributed by atoms with Gasteiger partial charge < -0.3 is 10.5 Å². The highest BCUT2D eigenvalue weighted by Gasteiger charge is 2.33. The molecule has 5 heteroatoms. The molecule has 0 amide bonds. The first-order valence-electron chi connectivity index (χ1n) is 8.50. The van der Waals surface area contributed by atoms with E-state index in [1.807, 2.05) is 0 Å². The lowest BCUT2D eigenvalue weighted by Crippen LogP contribution is -2.32. The molecule has 1 aliphatic carbocycles. The lowest BCUT2D eigenvalue weighted by Gasteiger charge is -2.32. The van der Waals surface area contributed by atoms with E-state index in [9.17, 15) is 8.42 Å². The zero-order valence-corrected chi connectivity index (χ0v) is 14.9. The Morgan fingerprint density at radius 3 is 2.64 bits per heavy atom. The van der Waals surface area contributed by atoms with E-state index in [0.29, 0.717) is 17.8 Å². The average molecular weight is 330 g/mol. The van der Waals surface area contributed by atoms with Crippen LogP contribution in [0.2, 0.25) is 0 Å². The first-order chi connectivity index (χ1) is 10.3. The molecule has 0 saturated carbocycles. The summed E-state index contributed by atoms with van der Waals surface area (Å²) >= 11 is 0. The van der Waals surface area contributed by atoms with E-state index in [2.05, 4.69) is 26.0 Å². The molecule has 1 heterocycles. The van der Waals surface area contributed by atoms with Crippen LogP contribution in [0.15, 0.2) is 12.2 Å². The van der Waals surface area contributed by atoms with Crippen molar-refractivity contribution in [2.24, 2.45) is 23.5 Å². The van der Waals surface area contributed by atoms with Gasteiger partial charge in [-0.3, -0.25) is 0 Å². The second kappa shape index (κ2) is 7.45. The fraction of sp³-hybridized carbons (Fsp3) is 0.882. The van der Waals surface area contributed by atoms with Gasteiger partial charge in [0.15, 0.2) is 0 Å². The minimum absolute atomic E-state index is 0.173. The van der Waals surface area contributed by atoms with Crippen molar-refractivity contribution in [2.75, 3.05) is 12.9 Å². The number of hydrogen-bond donors (Lipinski definition) is 1. The Morgan fingerprint density at radius 2 is 2.00 bits per heavy atom. The minimum Gasteiger partial charge on any atom is -0.374 e. The Labute approximate surface area is 135 Å². The monoisotopic (exact) mass is 329 g/mol. The summed E-state index contributed by atoms with van der Waals surface area (Å²) in [5.74, 6) is 1.16. The Balaban J connectivity index is 2.03. The van der Waals surface area contributed by atoms with Gasteiger partial charge in [-0.2, -0.15) is 0 Å². The predicted molar refractivity (Wildman–Crippen MR) is 90.4 cm³/mol. The number of sulfone groups is 1. The fourth-order valence-corrected chi connectivity index (χ4v) is 5.12. The molecule has 1 aliphatic heterocycles. The van der Waals surface area contributed by atoms with E-state index in [4.69, 9.17) is 10.5 Å². The van der Waals surface area contributed by atoms with E-state index in [0.717, 1.165) is 38.7 Å². The van der Waals surface area contributed by atoms with Crippen LogP contribution < -0.4 is 5.73 Å². The SMILES string of the molecule is CC(C)CC(CC1C=CC2OCC[C@@H](N)CC2C1)S(C)(=O)=O. The molecule has 0 aromatic carbocycles. The number of fused-ring (bicyclic) bond motifs is 1. The van der Waals surface area contributed by atoms with E-state index in [1.165, 1.54) is 6.26 Å². The van der Waals surface area contributed by atoms with Crippen molar-refractivity contribution in [1.29, 1.82) is 0 Å². The molecule has 1 fully saturated rings. The van der Waals surface area contributed by atoms with Crippen LogP contribution >= 0.6 is 0 Å². The molecular formula is C17H31NO3S. The normalized spacial score (nSPS) is 34.2. The third-order valence-corrected chi connectivity index (χ3v) is 6.55. The summed E-state index contributed by atoms with van der Waals surface area (Å²) in [6.45, 7) is 4.91. The van der Waals surface area contributed by atoms with Gasteiger partial charge >= 0.3 is 0 Å². The zero-order chi connectivity index (χ0) is 16.3. The molecule has 4 unspecified atom stereocenters. The summed E-state index contributed by atoms with van der Waals surface area (Å²) in [5, 5.41) is -0.237. The van der Waals surface area contributed by atoms with Crippen molar-refractivity contribution >= 4 is 9.84 Å². The van der Waals surface area contributed by atoms with Crippen molar-refractivity contribution in [2.45, 2.75) is 63.3 Å². The molecule has 2 rings (SSSR count). The van der Waals surface area contributed by atoms with Crippen molar-refractivity contribution < 1.29 is 13.2 Å². The third-order valence-electron chi connectivity index (χ3n) is 4.95. The molecule has 4 nitrogen and oxygen atoms in total. The van der Waals surface area contributed by atoms with E-state index in [1.54, 1.807) is 0 Å². The van der Waals surface area contributed by atoms with Crippen molar-refractivity contribution in [3.63, 3.8) is 0 Å². The van der Waals surface area contributed by atoms with Crippen LogP contribution in [0.25, 0.3) is 0 Å². The van der Waals surface area contributed by atoms with Gasteiger partial charge in [-0.15, -0.1) is 0 Å². The molecule has 1 saturated heterocycles. The van der Waals surface area contributed by atoms with Crippen LogP contribution in [-0.4, -0.2) is 38.7 Å². The van der Waals surface area contributed by atoms with Crippen molar-refractivity contribution in [1.82, 2.24) is 0 Å². The topological polar surface area (TPSA) is 69.4 Å². The van der Waals surface area contributed by atoms with Crippen LogP contribution in [0.5, 0.6) is 0 Å². The highest BCUT2D eigenvalue weighted by Crippen LogP contribution is 2.35. The maximum atomic E-state index is 12.1. The highest BCUT2D eigenvalue weighted by atomic mass is 32.2. The summed E-state index contributed by atoms with van der Waals surface area (Å²) in [7, 11) is -3.00. The lowest BCUT2D eigenvalue weighted by molar-refractivity contribution is 0.0463.